The van der Waals surface area contributed by atoms with E-state index in [9.17, 15) is 0 Å². The smallest absolute Gasteiger partial charge is 0.104 e. The van der Waals surface area contributed by atoms with Crippen molar-refractivity contribution in [3.63, 3.8) is 0 Å². The molecule has 0 fully saturated rings. The molecule has 0 amide bonds. The van der Waals surface area contributed by atoms with Gasteiger partial charge in [-0.2, -0.15) is 0 Å². The zero-order valence-corrected chi connectivity index (χ0v) is 28.5. The van der Waals surface area contributed by atoms with Crippen LogP contribution in [0.2, 0.25) is 0 Å². The van der Waals surface area contributed by atoms with E-state index in [-0.39, 0.29) is 12.2 Å². The lowest BCUT2D eigenvalue weighted by molar-refractivity contribution is 0.443. The van der Waals surface area contributed by atoms with Crippen LogP contribution in [0.5, 0.6) is 0 Å². The van der Waals surface area contributed by atoms with Gasteiger partial charge in [0.15, 0.2) is 0 Å². The predicted octanol–water partition coefficient (Wildman–Crippen LogP) is 12.6. The second-order valence-electron chi connectivity index (χ2n) is 14.2. The number of hydrogen-bond donors (Lipinski definition) is 2. The molecule has 1 aliphatic heterocycles. The first-order valence-corrected chi connectivity index (χ1v) is 18.2. The van der Waals surface area contributed by atoms with Gasteiger partial charge >= 0.3 is 0 Å². The molecule has 9 aromatic carbocycles. The molecule has 52 heavy (non-hydrogen) atoms. The van der Waals surface area contributed by atoms with E-state index in [1.165, 1.54) is 93.2 Å². The normalized spacial score (nSPS) is 16.3. The van der Waals surface area contributed by atoms with Crippen LogP contribution in [0.3, 0.4) is 0 Å². The molecule has 2 N–H and O–H groups in total. The fraction of sp³-hybridized carbons (Fsp3) is 0.0400. The Morgan fingerprint density at radius 3 is 1.90 bits per heavy atom. The Kier molecular flexibility index (Phi) is 6.49. The molecule has 2 unspecified atom stereocenters. The van der Waals surface area contributed by atoms with Gasteiger partial charge in [0.1, 0.15) is 6.17 Å². The van der Waals surface area contributed by atoms with Crippen molar-refractivity contribution in [2.75, 3.05) is 0 Å². The molecule has 244 valence electrons. The monoisotopic (exact) mass is 662 g/mol. The molecule has 2 heteroatoms. The number of rotatable bonds is 4. The van der Waals surface area contributed by atoms with Crippen LogP contribution in [0.15, 0.2) is 182 Å². The fourth-order valence-electron chi connectivity index (χ4n) is 8.79. The fourth-order valence-corrected chi connectivity index (χ4v) is 8.79. The largest absolute Gasteiger partial charge is 0.366 e. The SMILES string of the molecule is C1=C(c2ccc(-c3c4ccccc4cc4c3ccc3ccccc34)cc2)NC(c2ccccc2)NC1c1ccc2c(c1)-c1cccc3cccc-2c13. The van der Waals surface area contributed by atoms with Crippen molar-refractivity contribution >= 4 is 48.8 Å². The number of nitrogens with one attached hydrogen (secondary N) is 2. The van der Waals surface area contributed by atoms with E-state index in [4.69, 9.17) is 0 Å². The molecular weight excluding hydrogens is 629 g/mol. The molecule has 2 atom stereocenters. The second-order valence-corrected chi connectivity index (χ2v) is 14.2. The third-order valence-corrected chi connectivity index (χ3v) is 11.3. The minimum absolute atomic E-state index is 0.0182. The summed E-state index contributed by atoms with van der Waals surface area (Å²) in [6.07, 6.45) is 2.31. The molecule has 0 bridgehead atoms. The molecule has 2 nitrogen and oxygen atoms in total. The third-order valence-electron chi connectivity index (χ3n) is 11.3. The maximum atomic E-state index is 3.93. The van der Waals surface area contributed by atoms with Crippen molar-refractivity contribution in [1.82, 2.24) is 10.6 Å². The average molecular weight is 663 g/mol. The summed E-state index contributed by atoms with van der Waals surface area (Å²) in [7, 11) is 0. The maximum Gasteiger partial charge on any atom is 0.104 e. The number of fused-ring (bicyclic) bond motifs is 7. The van der Waals surface area contributed by atoms with E-state index >= 15 is 0 Å². The van der Waals surface area contributed by atoms with E-state index in [1.807, 2.05) is 0 Å². The Morgan fingerprint density at radius 2 is 1.08 bits per heavy atom. The van der Waals surface area contributed by atoms with E-state index in [0.29, 0.717) is 0 Å². The summed E-state index contributed by atoms with van der Waals surface area (Å²) >= 11 is 0. The van der Waals surface area contributed by atoms with Crippen LogP contribution in [0.4, 0.5) is 0 Å². The first-order chi connectivity index (χ1) is 25.8. The molecule has 0 radical (unpaired) electrons. The number of hydrogen-bond acceptors (Lipinski definition) is 2. The molecule has 2 aliphatic rings. The first-order valence-electron chi connectivity index (χ1n) is 18.2. The van der Waals surface area contributed by atoms with Gasteiger partial charge in [0, 0.05) is 5.70 Å². The standard InChI is InChI=1S/C50H34N2/c1-2-11-35(12-3-1)50-51-46(30-47(52-50)37-25-26-40-41-18-8-14-33-15-9-19-42(49(33)41)45(40)29-37)32-20-22-34(23-21-32)48-39-17-7-5-13-36(39)28-44-38-16-6-4-10-31(38)24-27-43(44)48/h1-30,47,50-52H. The van der Waals surface area contributed by atoms with E-state index in [2.05, 4.69) is 193 Å². The van der Waals surface area contributed by atoms with Gasteiger partial charge in [-0.3, -0.25) is 5.32 Å². The summed E-state index contributed by atoms with van der Waals surface area (Å²) < 4.78 is 0. The Labute approximate surface area is 302 Å². The van der Waals surface area contributed by atoms with Crippen molar-refractivity contribution in [1.29, 1.82) is 0 Å². The Morgan fingerprint density at radius 1 is 0.385 bits per heavy atom. The Bertz CT molecular complexity index is 2900. The van der Waals surface area contributed by atoms with E-state index < -0.39 is 0 Å². The van der Waals surface area contributed by atoms with Gasteiger partial charge in [0.2, 0.25) is 0 Å². The molecule has 1 heterocycles. The quantitative estimate of drug-likeness (QED) is 0.145. The van der Waals surface area contributed by atoms with Crippen molar-refractivity contribution < 1.29 is 0 Å². The zero-order chi connectivity index (χ0) is 34.2. The van der Waals surface area contributed by atoms with Crippen LogP contribution < -0.4 is 10.6 Å². The topological polar surface area (TPSA) is 24.1 Å². The van der Waals surface area contributed by atoms with Gasteiger partial charge in [-0.15, -0.1) is 0 Å². The zero-order valence-electron chi connectivity index (χ0n) is 28.5. The highest BCUT2D eigenvalue weighted by atomic mass is 15.2. The molecule has 1 aliphatic carbocycles. The van der Waals surface area contributed by atoms with Crippen molar-refractivity contribution in [2.45, 2.75) is 12.2 Å². The molecule has 11 rings (SSSR count). The maximum absolute atomic E-state index is 3.93. The molecule has 0 aromatic heterocycles. The van der Waals surface area contributed by atoms with Crippen LogP contribution in [-0.2, 0) is 0 Å². The molecule has 0 saturated carbocycles. The summed E-state index contributed by atoms with van der Waals surface area (Å²) in [6, 6.07) is 64.7. The summed E-state index contributed by atoms with van der Waals surface area (Å²) in [5, 5.41) is 18.1. The Balaban J connectivity index is 1.02. The molecular formula is C50H34N2. The summed E-state index contributed by atoms with van der Waals surface area (Å²) in [4.78, 5) is 0. The minimum Gasteiger partial charge on any atom is -0.366 e. The van der Waals surface area contributed by atoms with E-state index in [0.717, 1.165) is 5.70 Å². The van der Waals surface area contributed by atoms with Gasteiger partial charge < -0.3 is 5.32 Å². The van der Waals surface area contributed by atoms with Gasteiger partial charge in [-0.25, -0.2) is 0 Å². The molecule has 0 saturated heterocycles. The highest BCUT2D eigenvalue weighted by Crippen LogP contribution is 2.48. The third kappa shape index (κ3) is 4.55. The van der Waals surface area contributed by atoms with Crippen molar-refractivity contribution in [3.05, 3.63) is 199 Å². The van der Waals surface area contributed by atoms with Crippen LogP contribution in [0, 0.1) is 0 Å². The van der Waals surface area contributed by atoms with E-state index in [1.54, 1.807) is 0 Å². The van der Waals surface area contributed by atoms with Gasteiger partial charge in [0.05, 0.1) is 6.04 Å². The van der Waals surface area contributed by atoms with Crippen molar-refractivity contribution in [3.8, 4) is 33.4 Å². The lowest BCUT2D eigenvalue weighted by atomic mass is 9.89. The number of benzene rings is 9. The van der Waals surface area contributed by atoms with Gasteiger partial charge in [-0.1, -0.05) is 164 Å². The molecule has 9 aromatic rings. The van der Waals surface area contributed by atoms with Crippen LogP contribution >= 0.6 is 0 Å². The van der Waals surface area contributed by atoms with Gasteiger partial charge in [-0.05, 0) is 111 Å². The summed E-state index contributed by atoms with van der Waals surface area (Å²) in [6.45, 7) is 0. The summed E-state index contributed by atoms with van der Waals surface area (Å²) in [5.74, 6) is 0. The summed E-state index contributed by atoms with van der Waals surface area (Å²) in [5.41, 5.74) is 12.6. The first kappa shape index (κ1) is 29.3. The van der Waals surface area contributed by atoms with Crippen LogP contribution in [0.25, 0.3) is 82.2 Å². The minimum atomic E-state index is -0.0462. The van der Waals surface area contributed by atoms with Crippen molar-refractivity contribution in [2.24, 2.45) is 0 Å². The Hall–Kier alpha value is -6.48. The van der Waals surface area contributed by atoms with Gasteiger partial charge in [0.25, 0.3) is 0 Å². The lowest BCUT2D eigenvalue weighted by Crippen LogP contribution is -2.39. The van der Waals surface area contributed by atoms with Crippen LogP contribution in [-0.4, -0.2) is 0 Å². The average Bonchev–Trinajstić information content (AvgIpc) is 3.54. The highest BCUT2D eigenvalue weighted by Gasteiger charge is 2.27. The lowest BCUT2D eigenvalue weighted by Gasteiger charge is -2.33. The molecule has 0 spiro atoms. The van der Waals surface area contributed by atoms with Crippen LogP contribution in [0.1, 0.15) is 28.9 Å². The predicted molar refractivity (Wildman–Crippen MR) is 219 cm³/mol. The highest BCUT2D eigenvalue weighted by molar-refractivity contribution is 6.20. The second kappa shape index (κ2) is 11.5.